The summed E-state index contributed by atoms with van der Waals surface area (Å²) in [6, 6.07) is 7.62. The lowest BCUT2D eigenvalue weighted by atomic mass is 9.88. The van der Waals surface area contributed by atoms with Crippen LogP contribution in [0.25, 0.3) is 0 Å². The minimum Gasteiger partial charge on any atom is -0.394 e. The third kappa shape index (κ3) is 6.77. The molecule has 2 rings (SSSR count). The molecule has 5 heteroatoms. The molecule has 0 spiro atoms. The van der Waals surface area contributed by atoms with E-state index >= 15 is 0 Å². The predicted octanol–water partition coefficient (Wildman–Crippen LogP) is 1.96. The van der Waals surface area contributed by atoms with Crippen molar-refractivity contribution in [1.82, 2.24) is 15.1 Å². The SMILES string of the molecule is CN1CCN(Cc2ccc(C(=O)NC(CO)CC(C)(C)C)cc2)CC1. The average molecular weight is 348 g/mol. The molecule has 1 heterocycles. The highest BCUT2D eigenvalue weighted by molar-refractivity contribution is 5.94. The summed E-state index contributed by atoms with van der Waals surface area (Å²) in [5.74, 6) is -0.116. The molecule has 0 bridgehead atoms. The van der Waals surface area contributed by atoms with Gasteiger partial charge in [0.2, 0.25) is 0 Å². The molecule has 1 saturated heterocycles. The summed E-state index contributed by atoms with van der Waals surface area (Å²) < 4.78 is 0. The predicted molar refractivity (Wildman–Crippen MR) is 102 cm³/mol. The lowest BCUT2D eigenvalue weighted by Gasteiger charge is -2.32. The van der Waals surface area contributed by atoms with Gasteiger partial charge in [-0.05, 0) is 36.6 Å². The van der Waals surface area contributed by atoms with Crippen molar-refractivity contribution < 1.29 is 9.90 Å². The molecular weight excluding hydrogens is 314 g/mol. The lowest BCUT2D eigenvalue weighted by molar-refractivity contribution is 0.0897. The molecule has 1 aliphatic rings. The molecule has 0 radical (unpaired) electrons. The summed E-state index contributed by atoms with van der Waals surface area (Å²) >= 11 is 0. The fraction of sp³-hybridized carbons (Fsp3) is 0.650. The first-order valence-electron chi connectivity index (χ1n) is 9.18. The Morgan fingerprint density at radius 2 is 1.76 bits per heavy atom. The van der Waals surface area contributed by atoms with Crippen molar-refractivity contribution in [3.8, 4) is 0 Å². The number of rotatable bonds is 6. The molecule has 0 aliphatic carbocycles. The molecule has 0 saturated carbocycles. The summed E-state index contributed by atoms with van der Waals surface area (Å²) in [4.78, 5) is 17.2. The number of aliphatic hydroxyl groups is 1. The topological polar surface area (TPSA) is 55.8 Å². The van der Waals surface area contributed by atoms with Crippen LogP contribution in [-0.4, -0.2) is 66.7 Å². The van der Waals surface area contributed by atoms with E-state index in [1.165, 1.54) is 5.56 Å². The van der Waals surface area contributed by atoms with Crippen molar-refractivity contribution in [1.29, 1.82) is 0 Å². The number of carbonyl (C=O) groups is 1. The van der Waals surface area contributed by atoms with Gasteiger partial charge in [-0.2, -0.15) is 0 Å². The molecule has 0 aromatic heterocycles. The van der Waals surface area contributed by atoms with E-state index in [0.717, 1.165) is 39.1 Å². The first kappa shape index (κ1) is 19.9. The summed E-state index contributed by atoms with van der Waals surface area (Å²) in [7, 11) is 2.16. The number of hydrogen-bond acceptors (Lipinski definition) is 4. The molecule has 140 valence electrons. The van der Waals surface area contributed by atoms with Crippen LogP contribution in [0.2, 0.25) is 0 Å². The second kappa shape index (κ2) is 8.79. The Bertz CT molecular complexity index is 543. The number of benzene rings is 1. The molecular formula is C20H33N3O2. The number of nitrogens with one attached hydrogen (secondary N) is 1. The summed E-state index contributed by atoms with van der Waals surface area (Å²) in [5, 5.41) is 12.4. The van der Waals surface area contributed by atoms with E-state index in [1.807, 2.05) is 24.3 Å². The van der Waals surface area contributed by atoms with Gasteiger partial charge >= 0.3 is 0 Å². The van der Waals surface area contributed by atoms with E-state index in [0.29, 0.717) is 5.56 Å². The van der Waals surface area contributed by atoms with Crippen LogP contribution in [0.15, 0.2) is 24.3 Å². The minimum absolute atomic E-state index is 0.0372. The number of hydrogen-bond donors (Lipinski definition) is 2. The molecule has 5 nitrogen and oxygen atoms in total. The van der Waals surface area contributed by atoms with Gasteiger partial charge in [-0.15, -0.1) is 0 Å². The van der Waals surface area contributed by atoms with Gasteiger partial charge in [0.05, 0.1) is 12.6 Å². The minimum atomic E-state index is -0.211. The van der Waals surface area contributed by atoms with E-state index < -0.39 is 0 Å². The fourth-order valence-corrected chi connectivity index (χ4v) is 3.19. The average Bonchev–Trinajstić information content (AvgIpc) is 2.55. The van der Waals surface area contributed by atoms with Gasteiger partial charge in [-0.25, -0.2) is 0 Å². The van der Waals surface area contributed by atoms with Crippen LogP contribution < -0.4 is 5.32 Å². The number of piperazine rings is 1. The highest BCUT2D eigenvalue weighted by Gasteiger charge is 2.20. The normalized spacial score (nSPS) is 18.1. The van der Waals surface area contributed by atoms with Crippen molar-refractivity contribution in [2.75, 3.05) is 39.8 Å². The molecule has 2 N–H and O–H groups in total. The molecule has 1 aliphatic heterocycles. The first-order valence-corrected chi connectivity index (χ1v) is 9.18. The Hall–Kier alpha value is -1.43. The van der Waals surface area contributed by atoms with Gasteiger partial charge in [0.15, 0.2) is 0 Å². The van der Waals surface area contributed by atoms with Crippen molar-refractivity contribution in [2.24, 2.45) is 5.41 Å². The van der Waals surface area contributed by atoms with Crippen LogP contribution in [0, 0.1) is 5.41 Å². The molecule has 1 atom stereocenters. The zero-order valence-electron chi connectivity index (χ0n) is 16.1. The van der Waals surface area contributed by atoms with Gasteiger partial charge in [-0.3, -0.25) is 9.69 Å². The van der Waals surface area contributed by atoms with Gasteiger partial charge in [0.25, 0.3) is 5.91 Å². The molecule has 1 aromatic rings. The third-order valence-corrected chi connectivity index (χ3v) is 4.63. The maximum atomic E-state index is 12.4. The Labute approximate surface area is 152 Å². The number of likely N-dealkylation sites (N-methyl/N-ethyl adjacent to an activating group) is 1. The lowest BCUT2D eigenvalue weighted by Crippen LogP contribution is -2.43. The summed E-state index contributed by atoms with van der Waals surface area (Å²) in [5.41, 5.74) is 1.94. The Morgan fingerprint density at radius 1 is 1.16 bits per heavy atom. The third-order valence-electron chi connectivity index (χ3n) is 4.63. The zero-order valence-corrected chi connectivity index (χ0v) is 16.1. The fourth-order valence-electron chi connectivity index (χ4n) is 3.19. The quantitative estimate of drug-likeness (QED) is 0.826. The smallest absolute Gasteiger partial charge is 0.251 e. The summed E-state index contributed by atoms with van der Waals surface area (Å²) in [6.07, 6.45) is 0.747. The van der Waals surface area contributed by atoms with E-state index in [-0.39, 0.29) is 24.0 Å². The zero-order chi connectivity index (χ0) is 18.4. The van der Waals surface area contributed by atoms with E-state index in [1.54, 1.807) is 0 Å². The van der Waals surface area contributed by atoms with Crippen molar-refractivity contribution >= 4 is 5.91 Å². The second-order valence-electron chi connectivity index (χ2n) is 8.39. The largest absolute Gasteiger partial charge is 0.394 e. The number of aliphatic hydroxyl groups excluding tert-OH is 1. The van der Waals surface area contributed by atoms with E-state index in [4.69, 9.17) is 0 Å². The second-order valence-corrected chi connectivity index (χ2v) is 8.39. The number of amides is 1. The number of carbonyl (C=O) groups excluding carboxylic acids is 1. The van der Waals surface area contributed by atoms with Crippen molar-refractivity contribution in [3.05, 3.63) is 35.4 Å². The molecule has 1 aromatic carbocycles. The maximum absolute atomic E-state index is 12.4. The van der Waals surface area contributed by atoms with Gasteiger partial charge < -0.3 is 15.3 Å². The standard InChI is InChI=1S/C20H33N3O2/c1-20(2,3)13-18(15-24)21-19(25)17-7-5-16(6-8-17)14-23-11-9-22(4)10-12-23/h5-8,18,24H,9-15H2,1-4H3,(H,21,25). The highest BCUT2D eigenvalue weighted by atomic mass is 16.3. The van der Waals surface area contributed by atoms with Crippen LogP contribution in [0.3, 0.4) is 0 Å². The molecule has 1 fully saturated rings. The highest BCUT2D eigenvalue weighted by Crippen LogP contribution is 2.21. The Balaban J connectivity index is 1.89. The molecule has 1 unspecified atom stereocenters. The van der Waals surface area contributed by atoms with Crippen molar-refractivity contribution in [2.45, 2.75) is 39.8 Å². The van der Waals surface area contributed by atoms with E-state index in [9.17, 15) is 9.90 Å². The van der Waals surface area contributed by atoms with Crippen LogP contribution in [0.1, 0.15) is 43.1 Å². The van der Waals surface area contributed by atoms with Gasteiger partial charge in [0, 0.05) is 38.3 Å². The van der Waals surface area contributed by atoms with E-state index in [2.05, 4.69) is 42.9 Å². The molecule has 1 amide bonds. The van der Waals surface area contributed by atoms with Crippen LogP contribution in [-0.2, 0) is 6.54 Å². The monoisotopic (exact) mass is 347 g/mol. The van der Waals surface area contributed by atoms with Gasteiger partial charge in [-0.1, -0.05) is 32.9 Å². The summed E-state index contributed by atoms with van der Waals surface area (Å²) in [6.45, 7) is 11.6. The van der Waals surface area contributed by atoms with Crippen LogP contribution in [0.5, 0.6) is 0 Å². The van der Waals surface area contributed by atoms with Crippen molar-refractivity contribution in [3.63, 3.8) is 0 Å². The Morgan fingerprint density at radius 3 is 2.28 bits per heavy atom. The number of nitrogens with zero attached hydrogens (tertiary/aromatic N) is 2. The van der Waals surface area contributed by atoms with Crippen LogP contribution >= 0.6 is 0 Å². The molecule has 25 heavy (non-hydrogen) atoms. The van der Waals surface area contributed by atoms with Gasteiger partial charge in [0.1, 0.15) is 0 Å². The van der Waals surface area contributed by atoms with Crippen LogP contribution in [0.4, 0.5) is 0 Å². The maximum Gasteiger partial charge on any atom is 0.251 e. The first-order chi connectivity index (χ1) is 11.8. The Kier molecular flexibility index (Phi) is 6.99.